The zero-order chi connectivity index (χ0) is 14.3. The number of nitrogens with zero attached hydrogens (tertiary/aromatic N) is 1. The van der Waals surface area contributed by atoms with E-state index in [0.29, 0.717) is 19.3 Å². The van der Waals surface area contributed by atoms with Crippen molar-refractivity contribution in [3.63, 3.8) is 0 Å². The molecule has 0 spiro atoms. The van der Waals surface area contributed by atoms with Gasteiger partial charge in [-0.1, -0.05) is 18.9 Å². The lowest BCUT2D eigenvalue weighted by molar-refractivity contribution is -0.385. The Morgan fingerprint density at radius 2 is 1.84 bits per heavy atom. The van der Waals surface area contributed by atoms with E-state index in [1.807, 2.05) is 0 Å². The summed E-state index contributed by atoms with van der Waals surface area (Å²) in [7, 11) is -3.47. The number of nitro benzene ring substituents is 1. The summed E-state index contributed by atoms with van der Waals surface area (Å²) in [6, 6.07) is 5.09. The van der Waals surface area contributed by atoms with E-state index < -0.39 is 14.8 Å². The quantitative estimate of drug-likeness (QED) is 0.447. The summed E-state index contributed by atoms with van der Waals surface area (Å²) in [5, 5.41) is 19.2. The normalized spacial score (nSPS) is 11.4. The van der Waals surface area contributed by atoms with Gasteiger partial charge in [0.1, 0.15) is 0 Å². The average Bonchev–Trinajstić information content (AvgIpc) is 2.38. The van der Waals surface area contributed by atoms with Crippen molar-refractivity contribution in [1.29, 1.82) is 0 Å². The van der Waals surface area contributed by atoms with Gasteiger partial charge in [0.15, 0.2) is 9.84 Å². The second-order valence-electron chi connectivity index (χ2n) is 4.21. The van der Waals surface area contributed by atoms with Gasteiger partial charge in [0.25, 0.3) is 5.69 Å². The van der Waals surface area contributed by atoms with E-state index in [1.165, 1.54) is 18.2 Å². The van der Waals surface area contributed by atoms with Gasteiger partial charge in [-0.15, -0.1) is 0 Å². The summed E-state index contributed by atoms with van der Waals surface area (Å²) in [6.07, 6.45) is 2.65. The van der Waals surface area contributed by atoms with Crippen LogP contribution in [-0.2, 0) is 9.84 Å². The molecule has 0 aliphatic carbocycles. The number of hydrogen-bond acceptors (Lipinski definition) is 5. The molecule has 0 unspecified atom stereocenters. The SMILES string of the molecule is O=[N+]([O-])c1cccc(S(=O)(=O)CCCCCCO)c1. The first-order valence-corrected chi connectivity index (χ1v) is 7.70. The Morgan fingerprint density at radius 3 is 2.47 bits per heavy atom. The van der Waals surface area contributed by atoms with E-state index in [2.05, 4.69) is 0 Å². The summed E-state index contributed by atoms with van der Waals surface area (Å²) in [5.74, 6) is -0.0282. The molecule has 0 fully saturated rings. The van der Waals surface area contributed by atoms with E-state index in [0.717, 1.165) is 12.5 Å². The number of hydrogen-bond donors (Lipinski definition) is 1. The van der Waals surface area contributed by atoms with E-state index in [1.54, 1.807) is 0 Å². The third-order valence-corrected chi connectivity index (χ3v) is 4.51. The topological polar surface area (TPSA) is 97.5 Å². The minimum Gasteiger partial charge on any atom is -0.396 e. The zero-order valence-corrected chi connectivity index (χ0v) is 11.3. The zero-order valence-electron chi connectivity index (χ0n) is 10.5. The Morgan fingerprint density at radius 1 is 1.16 bits per heavy atom. The van der Waals surface area contributed by atoms with Crippen LogP contribution in [0.5, 0.6) is 0 Å². The number of benzene rings is 1. The van der Waals surface area contributed by atoms with Gasteiger partial charge in [0.2, 0.25) is 0 Å². The van der Waals surface area contributed by atoms with Crippen LogP contribution in [0.4, 0.5) is 5.69 Å². The molecular formula is C12H17NO5S. The van der Waals surface area contributed by atoms with Crippen molar-refractivity contribution >= 4 is 15.5 Å². The maximum absolute atomic E-state index is 12.0. The molecule has 0 heterocycles. The highest BCUT2D eigenvalue weighted by Crippen LogP contribution is 2.19. The molecule has 106 valence electrons. The second-order valence-corrected chi connectivity index (χ2v) is 6.32. The first-order chi connectivity index (χ1) is 8.97. The number of aliphatic hydroxyl groups excluding tert-OH is 1. The summed E-state index contributed by atoms with van der Waals surface area (Å²) >= 11 is 0. The van der Waals surface area contributed by atoms with Crippen molar-refractivity contribution in [2.24, 2.45) is 0 Å². The number of unbranched alkanes of at least 4 members (excludes halogenated alkanes) is 3. The van der Waals surface area contributed by atoms with Crippen molar-refractivity contribution in [1.82, 2.24) is 0 Å². The Kier molecular flexibility index (Phi) is 5.91. The van der Waals surface area contributed by atoms with Crippen molar-refractivity contribution in [2.45, 2.75) is 30.6 Å². The average molecular weight is 287 g/mol. The van der Waals surface area contributed by atoms with E-state index >= 15 is 0 Å². The molecule has 0 saturated carbocycles. The largest absolute Gasteiger partial charge is 0.396 e. The highest BCUT2D eigenvalue weighted by molar-refractivity contribution is 7.91. The molecule has 0 radical (unpaired) electrons. The molecular weight excluding hydrogens is 270 g/mol. The van der Waals surface area contributed by atoms with Crippen molar-refractivity contribution in [2.75, 3.05) is 12.4 Å². The summed E-state index contributed by atoms with van der Waals surface area (Å²) in [4.78, 5) is 9.98. The fourth-order valence-electron chi connectivity index (χ4n) is 1.67. The third-order valence-electron chi connectivity index (χ3n) is 2.71. The molecule has 1 aromatic carbocycles. The Bertz CT molecular complexity index is 527. The lowest BCUT2D eigenvalue weighted by Crippen LogP contribution is -2.07. The molecule has 0 aliphatic rings. The summed E-state index contributed by atoms with van der Waals surface area (Å²) < 4.78 is 23.9. The van der Waals surface area contributed by atoms with Crippen molar-refractivity contribution in [3.05, 3.63) is 34.4 Å². The third kappa shape index (κ3) is 4.96. The molecule has 1 aromatic rings. The van der Waals surface area contributed by atoms with Crippen LogP contribution in [0.2, 0.25) is 0 Å². The number of aliphatic hydroxyl groups is 1. The molecule has 1 rings (SSSR count). The predicted molar refractivity (Wildman–Crippen MR) is 70.7 cm³/mol. The van der Waals surface area contributed by atoms with Crippen LogP contribution in [0, 0.1) is 10.1 Å². The second kappa shape index (κ2) is 7.20. The molecule has 0 bridgehead atoms. The molecule has 1 N–H and O–H groups in total. The van der Waals surface area contributed by atoms with Gasteiger partial charge in [-0.3, -0.25) is 10.1 Å². The van der Waals surface area contributed by atoms with Gasteiger partial charge in [-0.05, 0) is 18.9 Å². The minimum absolute atomic E-state index is 0.0103. The molecule has 0 saturated heterocycles. The van der Waals surface area contributed by atoms with Crippen LogP contribution in [0.1, 0.15) is 25.7 Å². The van der Waals surface area contributed by atoms with Crippen LogP contribution in [0.25, 0.3) is 0 Å². The van der Waals surface area contributed by atoms with Crippen LogP contribution in [0.15, 0.2) is 29.2 Å². The Balaban J connectivity index is 2.66. The molecule has 0 aliphatic heterocycles. The first-order valence-electron chi connectivity index (χ1n) is 6.05. The van der Waals surface area contributed by atoms with Gasteiger partial charge >= 0.3 is 0 Å². The maximum Gasteiger partial charge on any atom is 0.270 e. The van der Waals surface area contributed by atoms with Crippen LogP contribution in [-0.4, -0.2) is 30.8 Å². The fourth-order valence-corrected chi connectivity index (χ4v) is 3.07. The highest BCUT2D eigenvalue weighted by Gasteiger charge is 2.17. The predicted octanol–water partition coefficient (Wildman–Crippen LogP) is 1.92. The van der Waals surface area contributed by atoms with Gasteiger partial charge in [-0.25, -0.2) is 8.42 Å². The molecule has 7 heteroatoms. The monoisotopic (exact) mass is 287 g/mol. The standard InChI is InChI=1S/C12H17NO5S/c14-8-3-1-2-4-9-19(17,18)12-7-5-6-11(10-12)13(15)16/h5-7,10,14H,1-4,8-9H2. The first kappa shape index (κ1) is 15.6. The van der Waals surface area contributed by atoms with E-state index in [9.17, 15) is 18.5 Å². The van der Waals surface area contributed by atoms with Crippen LogP contribution >= 0.6 is 0 Å². The molecule has 0 aromatic heterocycles. The smallest absolute Gasteiger partial charge is 0.270 e. The van der Waals surface area contributed by atoms with Crippen molar-refractivity contribution in [3.8, 4) is 0 Å². The van der Waals surface area contributed by atoms with E-state index in [4.69, 9.17) is 5.11 Å². The lowest BCUT2D eigenvalue weighted by Gasteiger charge is -2.04. The Hall–Kier alpha value is -1.47. The Labute approximate surface area is 112 Å². The number of rotatable bonds is 8. The van der Waals surface area contributed by atoms with Crippen LogP contribution in [0.3, 0.4) is 0 Å². The molecule has 0 atom stereocenters. The molecule has 0 amide bonds. The summed E-state index contributed by atoms with van der Waals surface area (Å²) in [5.41, 5.74) is -0.221. The molecule has 19 heavy (non-hydrogen) atoms. The lowest BCUT2D eigenvalue weighted by atomic mass is 10.2. The number of sulfone groups is 1. The van der Waals surface area contributed by atoms with E-state index in [-0.39, 0.29) is 22.9 Å². The minimum atomic E-state index is -3.47. The maximum atomic E-state index is 12.0. The van der Waals surface area contributed by atoms with Gasteiger partial charge in [0.05, 0.1) is 15.6 Å². The number of non-ortho nitro benzene ring substituents is 1. The molecule has 6 nitrogen and oxygen atoms in total. The van der Waals surface area contributed by atoms with Crippen molar-refractivity contribution < 1.29 is 18.4 Å². The van der Waals surface area contributed by atoms with Gasteiger partial charge in [-0.2, -0.15) is 0 Å². The fraction of sp³-hybridized carbons (Fsp3) is 0.500. The van der Waals surface area contributed by atoms with Gasteiger partial charge < -0.3 is 5.11 Å². The highest BCUT2D eigenvalue weighted by atomic mass is 32.2. The number of nitro groups is 1. The summed E-state index contributed by atoms with van der Waals surface area (Å²) in [6.45, 7) is 0.109. The van der Waals surface area contributed by atoms with Gasteiger partial charge in [0, 0.05) is 18.7 Å². The van der Waals surface area contributed by atoms with Crippen LogP contribution < -0.4 is 0 Å².